The van der Waals surface area contributed by atoms with Crippen molar-refractivity contribution in [3.05, 3.63) is 22.1 Å². The van der Waals surface area contributed by atoms with E-state index >= 15 is 0 Å². The summed E-state index contributed by atoms with van der Waals surface area (Å²) in [4.78, 5) is 10.6. The molecule has 1 heterocycles. The molecular formula is C8H12O3. The van der Waals surface area contributed by atoms with Crippen molar-refractivity contribution in [1.82, 2.24) is 0 Å². The second-order valence-electron chi connectivity index (χ2n) is 2.75. The molecule has 0 aliphatic carbocycles. The maximum absolute atomic E-state index is 10.6. The van der Waals surface area contributed by atoms with E-state index in [0.717, 1.165) is 0 Å². The van der Waals surface area contributed by atoms with Gasteiger partial charge in [0.1, 0.15) is 5.76 Å². The first-order chi connectivity index (χ1) is 5.15. The van der Waals surface area contributed by atoms with Gasteiger partial charge in [0.25, 0.3) is 0 Å². The Bertz CT molecular complexity index is 280. The Morgan fingerprint density at radius 1 is 1.36 bits per heavy atom. The SMILES string of the molecule is CCc1oc(=O)oc1C(C)C. The molecular weight excluding hydrogens is 144 g/mol. The van der Waals surface area contributed by atoms with E-state index in [4.69, 9.17) is 8.83 Å². The largest absolute Gasteiger partial charge is 0.519 e. The van der Waals surface area contributed by atoms with Gasteiger partial charge in [-0.3, -0.25) is 0 Å². The summed E-state index contributed by atoms with van der Waals surface area (Å²) in [7, 11) is 0. The molecule has 0 N–H and O–H groups in total. The molecule has 0 spiro atoms. The highest BCUT2D eigenvalue weighted by Gasteiger charge is 2.13. The Kier molecular flexibility index (Phi) is 2.17. The third-order valence-electron chi connectivity index (χ3n) is 1.52. The molecule has 0 bridgehead atoms. The van der Waals surface area contributed by atoms with Gasteiger partial charge in [0, 0.05) is 12.3 Å². The van der Waals surface area contributed by atoms with Gasteiger partial charge in [0.15, 0.2) is 5.76 Å². The van der Waals surface area contributed by atoms with Crippen LogP contribution in [0, 0.1) is 0 Å². The predicted molar refractivity (Wildman–Crippen MR) is 40.7 cm³/mol. The summed E-state index contributed by atoms with van der Waals surface area (Å²) in [6.45, 7) is 5.86. The summed E-state index contributed by atoms with van der Waals surface area (Å²) in [6, 6.07) is 0. The third-order valence-corrected chi connectivity index (χ3v) is 1.52. The summed E-state index contributed by atoms with van der Waals surface area (Å²) in [5.41, 5.74) is 0. The fourth-order valence-corrected chi connectivity index (χ4v) is 1.00. The first kappa shape index (κ1) is 8.11. The second-order valence-corrected chi connectivity index (χ2v) is 2.75. The highest BCUT2D eigenvalue weighted by molar-refractivity contribution is 5.07. The van der Waals surface area contributed by atoms with Crippen molar-refractivity contribution < 1.29 is 8.83 Å². The highest BCUT2D eigenvalue weighted by atomic mass is 16.6. The monoisotopic (exact) mass is 156 g/mol. The first-order valence-corrected chi connectivity index (χ1v) is 3.77. The Hall–Kier alpha value is -0.990. The molecule has 0 saturated heterocycles. The van der Waals surface area contributed by atoms with Crippen LogP contribution in [-0.2, 0) is 6.42 Å². The molecule has 0 atom stereocenters. The zero-order valence-electron chi connectivity index (χ0n) is 7.01. The lowest BCUT2D eigenvalue weighted by Gasteiger charge is -1.98. The molecule has 11 heavy (non-hydrogen) atoms. The first-order valence-electron chi connectivity index (χ1n) is 3.77. The molecule has 3 nitrogen and oxygen atoms in total. The minimum absolute atomic E-state index is 0.219. The van der Waals surface area contributed by atoms with E-state index in [2.05, 4.69) is 0 Å². The molecule has 0 saturated carbocycles. The van der Waals surface area contributed by atoms with E-state index in [-0.39, 0.29) is 5.92 Å². The van der Waals surface area contributed by atoms with Gasteiger partial charge in [-0.1, -0.05) is 20.8 Å². The van der Waals surface area contributed by atoms with E-state index < -0.39 is 5.82 Å². The van der Waals surface area contributed by atoms with Gasteiger partial charge in [0.2, 0.25) is 0 Å². The molecule has 1 aromatic heterocycles. The quantitative estimate of drug-likeness (QED) is 0.657. The van der Waals surface area contributed by atoms with Crippen molar-refractivity contribution in [3.8, 4) is 0 Å². The van der Waals surface area contributed by atoms with Crippen LogP contribution in [0.4, 0.5) is 0 Å². The van der Waals surface area contributed by atoms with Crippen LogP contribution in [0.2, 0.25) is 0 Å². The van der Waals surface area contributed by atoms with Crippen molar-refractivity contribution in [1.29, 1.82) is 0 Å². The van der Waals surface area contributed by atoms with Crippen molar-refractivity contribution in [2.24, 2.45) is 0 Å². The highest BCUT2D eigenvalue weighted by Crippen LogP contribution is 2.17. The van der Waals surface area contributed by atoms with Crippen LogP contribution in [0.5, 0.6) is 0 Å². The molecule has 0 radical (unpaired) electrons. The number of hydrogen-bond donors (Lipinski definition) is 0. The average molecular weight is 156 g/mol. The van der Waals surface area contributed by atoms with E-state index in [0.29, 0.717) is 17.9 Å². The van der Waals surface area contributed by atoms with Gasteiger partial charge in [-0.15, -0.1) is 0 Å². The number of rotatable bonds is 2. The van der Waals surface area contributed by atoms with Gasteiger partial charge in [-0.2, -0.15) is 0 Å². The lowest BCUT2D eigenvalue weighted by Crippen LogP contribution is -1.89. The lowest BCUT2D eigenvalue weighted by atomic mass is 10.1. The average Bonchev–Trinajstić information content (AvgIpc) is 2.30. The van der Waals surface area contributed by atoms with Gasteiger partial charge in [0.05, 0.1) is 0 Å². The van der Waals surface area contributed by atoms with Crippen LogP contribution in [0.15, 0.2) is 13.6 Å². The fraction of sp³-hybridized carbons (Fsp3) is 0.625. The fourth-order valence-electron chi connectivity index (χ4n) is 1.00. The third kappa shape index (κ3) is 1.53. The molecule has 0 amide bonds. The predicted octanol–water partition coefficient (Wildman–Crippen LogP) is 1.92. The Morgan fingerprint density at radius 2 is 2.00 bits per heavy atom. The van der Waals surface area contributed by atoms with Crippen LogP contribution in [-0.4, -0.2) is 0 Å². The van der Waals surface area contributed by atoms with Crippen molar-refractivity contribution in [2.45, 2.75) is 33.1 Å². The van der Waals surface area contributed by atoms with Gasteiger partial charge in [-0.25, -0.2) is 4.79 Å². The van der Waals surface area contributed by atoms with Gasteiger partial charge in [-0.05, 0) is 0 Å². The van der Waals surface area contributed by atoms with E-state index in [1.807, 2.05) is 20.8 Å². The number of aryl methyl sites for hydroxylation is 1. The van der Waals surface area contributed by atoms with Gasteiger partial charge < -0.3 is 8.83 Å². The number of hydrogen-bond acceptors (Lipinski definition) is 3. The van der Waals surface area contributed by atoms with Crippen molar-refractivity contribution >= 4 is 0 Å². The Labute approximate surface area is 65.0 Å². The normalized spacial score (nSPS) is 10.9. The molecule has 3 heteroatoms. The lowest BCUT2D eigenvalue weighted by molar-refractivity contribution is 0.362. The smallest absolute Gasteiger partial charge is 0.396 e. The summed E-state index contributed by atoms with van der Waals surface area (Å²) in [5.74, 6) is 0.976. The molecule has 1 rings (SSSR count). The molecule has 0 unspecified atom stereocenters. The second kappa shape index (κ2) is 2.95. The Balaban J connectivity index is 3.12. The summed E-state index contributed by atoms with van der Waals surface area (Å²) in [5, 5.41) is 0. The summed E-state index contributed by atoms with van der Waals surface area (Å²) >= 11 is 0. The zero-order chi connectivity index (χ0) is 8.43. The van der Waals surface area contributed by atoms with Crippen LogP contribution < -0.4 is 5.82 Å². The van der Waals surface area contributed by atoms with Crippen LogP contribution in [0.1, 0.15) is 38.2 Å². The standard InChI is InChI=1S/C8H12O3/c1-4-6-7(5(2)3)11-8(9)10-6/h5H,4H2,1-3H3. The van der Waals surface area contributed by atoms with Crippen LogP contribution in [0.3, 0.4) is 0 Å². The van der Waals surface area contributed by atoms with Crippen LogP contribution >= 0.6 is 0 Å². The van der Waals surface area contributed by atoms with Crippen molar-refractivity contribution in [3.63, 3.8) is 0 Å². The van der Waals surface area contributed by atoms with Gasteiger partial charge >= 0.3 is 5.82 Å². The topological polar surface area (TPSA) is 43.4 Å². The molecule has 1 aromatic rings. The molecule has 0 aliphatic rings. The molecule has 0 aromatic carbocycles. The summed E-state index contributed by atoms with van der Waals surface area (Å²) in [6.07, 6.45) is 0.708. The maximum atomic E-state index is 10.6. The molecule has 0 aliphatic heterocycles. The van der Waals surface area contributed by atoms with E-state index in [1.54, 1.807) is 0 Å². The Morgan fingerprint density at radius 3 is 2.36 bits per heavy atom. The minimum Gasteiger partial charge on any atom is -0.396 e. The summed E-state index contributed by atoms with van der Waals surface area (Å²) < 4.78 is 9.65. The maximum Gasteiger partial charge on any atom is 0.519 e. The van der Waals surface area contributed by atoms with E-state index in [9.17, 15) is 4.79 Å². The molecule has 0 fully saturated rings. The van der Waals surface area contributed by atoms with Crippen molar-refractivity contribution in [2.75, 3.05) is 0 Å². The minimum atomic E-state index is -0.592. The van der Waals surface area contributed by atoms with E-state index in [1.165, 1.54) is 0 Å². The molecule has 62 valence electrons. The zero-order valence-corrected chi connectivity index (χ0v) is 7.01. The van der Waals surface area contributed by atoms with Crippen LogP contribution in [0.25, 0.3) is 0 Å².